The molecule has 0 fully saturated rings. The van der Waals surface area contributed by atoms with Crippen LogP contribution in [0.1, 0.15) is 21.5 Å². The van der Waals surface area contributed by atoms with Crippen LogP contribution in [0.25, 0.3) is 10.9 Å². The minimum Gasteiger partial charge on any atom is -0.497 e. The summed E-state index contributed by atoms with van der Waals surface area (Å²) in [5.41, 5.74) is 2.55. The van der Waals surface area contributed by atoms with E-state index in [0.29, 0.717) is 17.0 Å². The molecule has 4 rings (SSSR count). The minimum atomic E-state index is -0.522. The normalized spacial score (nSPS) is 10.7. The van der Waals surface area contributed by atoms with E-state index in [1.165, 1.54) is 29.2 Å². The number of pyridine rings is 1. The molecule has 0 unspecified atom stereocenters. The average molecular weight is 443 g/mol. The molecular weight excluding hydrogens is 422 g/mol. The van der Waals surface area contributed by atoms with E-state index in [-0.39, 0.29) is 29.3 Å². The molecule has 33 heavy (non-hydrogen) atoms. The van der Waals surface area contributed by atoms with Crippen LogP contribution in [0.5, 0.6) is 5.75 Å². The van der Waals surface area contributed by atoms with E-state index in [0.717, 1.165) is 16.5 Å². The molecule has 8 heteroatoms. The van der Waals surface area contributed by atoms with Gasteiger partial charge >= 0.3 is 0 Å². The lowest BCUT2D eigenvalue weighted by Crippen LogP contribution is -2.32. The molecule has 1 amide bonds. The van der Waals surface area contributed by atoms with E-state index in [1.807, 2.05) is 25.1 Å². The van der Waals surface area contributed by atoms with Crippen LogP contribution < -0.4 is 15.2 Å². The number of hydrogen-bond donors (Lipinski definition) is 1. The summed E-state index contributed by atoms with van der Waals surface area (Å²) in [4.78, 5) is 41.1. The lowest BCUT2D eigenvalue weighted by Gasteiger charge is -2.23. The molecule has 1 N–H and O–H groups in total. The summed E-state index contributed by atoms with van der Waals surface area (Å²) in [6, 6.07) is 19.8. The molecular formula is C25H21N3O5. The van der Waals surface area contributed by atoms with Crippen molar-refractivity contribution in [1.29, 1.82) is 0 Å². The first-order chi connectivity index (χ1) is 15.9. The first-order valence-electron chi connectivity index (χ1n) is 10.2. The molecule has 3 aromatic carbocycles. The SMILES string of the molecule is COc1ccc(N(Cc2cc3cccc(C)c3[nH]c2=O)C(=O)c2ccc([N+](=O)[O-])cc2)cc1. The summed E-state index contributed by atoms with van der Waals surface area (Å²) in [5.74, 6) is 0.235. The van der Waals surface area contributed by atoms with Gasteiger partial charge < -0.3 is 14.6 Å². The number of aryl methyl sites for hydroxylation is 1. The highest BCUT2D eigenvalue weighted by Gasteiger charge is 2.21. The maximum atomic E-state index is 13.4. The van der Waals surface area contributed by atoms with Gasteiger partial charge in [0.15, 0.2) is 0 Å². The number of anilines is 1. The largest absolute Gasteiger partial charge is 0.497 e. The summed E-state index contributed by atoms with van der Waals surface area (Å²) in [6.07, 6.45) is 0. The van der Waals surface area contributed by atoms with Crippen LogP contribution in [-0.4, -0.2) is 22.9 Å². The number of amides is 1. The third-order valence-electron chi connectivity index (χ3n) is 5.45. The Balaban J connectivity index is 1.76. The van der Waals surface area contributed by atoms with E-state index < -0.39 is 4.92 Å². The Morgan fingerprint density at radius 3 is 2.39 bits per heavy atom. The zero-order valence-corrected chi connectivity index (χ0v) is 18.1. The number of nitro benzene ring substituents is 1. The van der Waals surface area contributed by atoms with Crippen molar-refractivity contribution in [2.75, 3.05) is 12.0 Å². The molecule has 0 aliphatic heterocycles. The van der Waals surface area contributed by atoms with Crippen LogP contribution in [0.15, 0.2) is 77.6 Å². The Morgan fingerprint density at radius 1 is 1.06 bits per heavy atom. The van der Waals surface area contributed by atoms with Crippen molar-refractivity contribution in [3.63, 3.8) is 0 Å². The van der Waals surface area contributed by atoms with Gasteiger partial charge in [0, 0.05) is 28.9 Å². The number of ether oxygens (including phenoxy) is 1. The smallest absolute Gasteiger partial charge is 0.269 e. The zero-order chi connectivity index (χ0) is 23.5. The van der Waals surface area contributed by atoms with Crippen molar-refractivity contribution in [2.24, 2.45) is 0 Å². The molecule has 0 bridgehead atoms. The van der Waals surface area contributed by atoms with Crippen molar-refractivity contribution >= 4 is 28.2 Å². The lowest BCUT2D eigenvalue weighted by atomic mass is 10.1. The number of aromatic nitrogens is 1. The van der Waals surface area contributed by atoms with Crippen LogP contribution in [-0.2, 0) is 6.54 Å². The number of nitrogens with one attached hydrogen (secondary N) is 1. The summed E-state index contributed by atoms with van der Waals surface area (Å²) < 4.78 is 5.20. The number of rotatable bonds is 6. The number of fused-ring (bicyclic) bond motifs is 1. The molecule has 0 atom stereocenters. The average Bonchev–Trinajstić information content (AvgIpc) is 2.83. The monoisotopic (exact) mass is 443 g/mol. The molecule has 0 aliphatic rings. The molecule has 0 saturated carbocycles. The topological polar surface area (TPSA) is 106 Å². The molecule has 0 saturated heterocycles. The van der Waals surface area contributed by atoms with E-state index in [4.69, 9.17) is 4.74 Å². The van der Waals surface area contributed by atoms with Crippen molar-refractivity contribution < 1.29 is 14.5 Å². The quantitative estimate of drug-likeness (QED) is 0.346. The molecule has 0 radical (unpaired) electrons. The number of non-ortho nitro benzene ring substituents is 1. The Kier molecular flexibility index (Phi) is 5.91. The molecule has 0 aliphatic carbocycles. The van der Waals surface area contributed by atoms with E-state index in [9.17, 15) is 19.7 Å². The number of nitro groups is 1. The van der Waals surface area contributed by atoms with Gasteiger partial charge in [-0.25, -0.2) is 0 Å². The van der Waals surface area contributed by atoms with Crippen molar-refractivity contribution in [1.82, 2.24) is 4.98 Å². The Labute approximate surface area is 189 Å². The summed E-state index contributed by atoms with van der Waals surface area (Å²) in [6.45, 7) is 1.93. The summed E-state index contributed by atoms with van der Waals surface area (Å²) in [5, 5.41) is 11.8. The van der Waals surface area contributed by atoms with E-state index in [2.05, 4.69) is 4.98 Å². The predicted molar refractivity (Wildman–Crippen MR) is 126 cm³/mol. The van der Waals surface area contributed by atoms with Crippen molar-refractivity contribution in [2.45, 2.75) is 13.5 Å². The first-order valence-corrected chi connectivity index (χ1v) is 10.2. The number of methoxy groups -OCH3 is 1. The number of para-hydroxylation sites is 1. The van der Waals surface area contributed by atoms with Gasteiger partial charge in [-0.1, -0.05) is 18.2 Å². The highest BCUT2D eigenvalue weighted by molar-refractivity contribution is 6.06. The molecule has 4 aromatic rings. The number of benzene rings is 3. The molecule has 166 valence electrons. The second-order valence-electron chi connectivity index (χ2n) is 7.56. The highest BCUT2D eigenvalue weighted by Crippen LogP contribution is 2.24. The summed E-state index contributed by atoms with van der Waals surface area (Å²) in [7, 11) is 1.55. The maximum absolute atomic E-state index is 13.4. The van der Waals surface area contributed by atoms with Crippen molar-refractivity contribution in [3.05, 3.63) is 110 Å². The maximum Gasteiger partial charge on any atom is 0.269 e. The minimum absolute atomic E-state index is 0.0152. The Bertz CT molecular complexity index is 1390. The zero-order valence-electron chi connectivity index (χ0n) is 18.1. The molecule has 1 aromatic heterocycles. The van der Waals surface area contributed by atoms with Crippen LogP contribution >= 0.6 is 0 Å². The fourth-order valence-electron chi connectivity index (χ4n) is 3.64. The standard InChI is InChI=1S/C25H21N3O5/c1-16-4-3-5-18-14-19(24(29)26-23(16)18)15-27(20-10-12-22(33-2)13-11-20)25(30)17-6-8-21(9-7-17)28(31)32/h3-14H,15H2,1-2H3,(H,26,29). The Morgan fingerprint density at radius 2 is 1.76 bits per heavy atom. The van der Waals surface area contributed by atoms with Gasteiger partial charge in [0.2, 0.25) is 0 Å². The van der Waals surface area contributed by atoms with Crippen LogP contribution in [0, 0.1) is 17.0 Å². The number of hydrogen-bond acceptors (Lipinski definition) is 5. The lowest BCUT2D eigenvalue weighted by molar-refractivity contribution is -0.384. The molecule has 1 heterocycles. The van der Waals surface area contributed by atoms with E-state index in [1.54, 1.807) is 37.4 Å². The second-order valence-corrected chi connectivity index (χ2v) is 7.56. The van der Waals surface area contributed by atoms with Crippen LogP contribution in [0.4, 0.5) is 11.4 Å². The first kappa shape index (κ1) is 21.8. The number of carbonyl (C=O) groups excluding carboxylic acids is 1. The molecule has 8 nitrogen and oxygen atoms in total. The number of nitrogens with zero attached hydrogens (tertiary/aromatic N) is 2. The third kappa shape index (κ3) is 4.45. The number of H-pyrrole nitrogens is 1. The van der Waals surface area contributed by atoms with Gasteiger partial charge in [-0.2, -0.15) is 0 Å². The van der Waals surface area contributed by atoms with Crippen LogP contribution in [0.3, 0.4) is 0 Å². The third-order valence-corrected chi connectivity index (χ3v) is 5.45. The number of aromatic amines is 1. The summed E-state index contributed by atoms with van der Waals surface area (Å²) >= 11 is 0. The van der Waals surface area contributed by atoms with Gasteiger partial charge in [0.05, 0.1) is 24.1 Å². The van der Waals surface area contributed by atoms with Crippen LogP contribution in [0.2, 0.25) is 0 Å². The van der Waals surface area contributed by atoms with Gasteiger partial charge in [0.1, 0.15) is 5.75 Å². The number of carbonyl (C=O) groups is 1. The second kappa shape index (κ2) is 8.96. The fourth-order valence-corrected chi connectivity index (χ4v) is 3.64. The Hall–Kier alpha value is -4.46. The van der Waals surface area contributed by atoms with Gasteiger partial charge in [0.25, 0.3) is 17.2 Å². The predicted octanol–water partition coefficient (Wildman–Crippen LogP) is 4.60. The van der Waals surface area contributed by atoms with Gasteiger partial charge in [-0.05, 0) is 60.3 Å². The molecule has 0 spiro atoms. The van der Waals surface area contributed by atoms with Gasteiger partial charge in [-0.15, -0.1) is 0 Å². The highest BCUT2D eigenvalue weighted by atomic mass is 16.6. The van der Waals surface area contributed by atoms with E-state index >= 15 is 0 Å². The van der Waals surface area contributed by atoms with Gasteiger partial charge in [-0.3, -0.25) is 19.7 Å². The fraction of sp³-hybridized carbons (Fsp3) is 0.120. The van der Waals surface area contributed by atoms with Crippen molar-refractivity contribution in [3.8, 4) is 5.75 Å².